The molecule has 0 aliphatic heterocycles. The van der Waals surface area contributed by atoms with Crippen molar-refractivity contribution >= 4 is 37.4 Å². The van der Waals surface area contributed by atoms with Crippen LogP contribution in [0.3, 0.4) is 0 Å². The molecule has 25 heavy (non-hydrogen) atoms. The van der Waals surface area contributed by atoms with E-state index in [1.807, 2.05) is 0 Å². The number of anilines is 1. The van der Waals surface area contributed by atoms with Crippen molar-refractivity contribution in [3.05, 3.63) is 72.9 Å². The highest BCUT2D eigenvalue weighted by Crippen LogP contribution is 2.32. The van der Waals surface area contributed by atoms with Gasteiger partial charge in [-0.3, -0.25) is 9.71 Å². The molecule has 0 amide bonds. The molecule has 1 aromatic heterocycles. The van der Waals surface area contributed by atoms with E-state index in [-0.39, 0.29) is 10.6 Å². The third kappa shape index (κ3) is 2.66. The number of hydrogen-bond donors (Lipinski definition) is 2. The van der Waals surface area contributed by atoms with Gasteiger partial charge < -0.3 is 5.11 Å². The van der Waals surface area contributed by atoms with E-state index in [1.165, 1.54) is 0 Å². The minimum Gasteiger partial charge on any atom is -0.507 e. The molecule has 0 saturated carbocycles. The maximum Gasteiger partial charge on any atom is 0.262 e. The lowest BCUT2D eigenvalue weighted by molar-refractivity contribution is 0.481. The fourth-order valence-corrected chi connectivity index (χ4v) is 4.19. The molecule has 5 nitrogen and oxygen atoms in total. The Balaban J connectivity index is 1.87. The summed E-state index contributed by atoms with van der Waals surface area (Å²) in [4.78, 5) is 4.36. The van der Waals surface area contributed by atoms with Crippen molar-refractivity contribution in [3.8, 4) is 5.75 Å². The van der Waals surface area contributed by atoms with Crippen LogP contribution in [0, 0.1) is 0 Å². The van der Waals surface area contributed by atoms with Gasteiger partial charge in [0.05, 0.1) is 16.1 Å². The first-order valence-electron chi connectivity index (χ1n) is 7.63. The van der Waals surface area contributed by atoms with Gasteiger partial charge in [0.25, 0.3) is 10.0 Å². The minimum absolute atomic E-state index is 0.105. The number of hydrogen-bond acceptors (Lipinski definition) is 4. The summed E-state index contributed by atoms with van der Waals surface area (Å²) >= 11 is 0. The molecule has 3 aromatic carbocycles. The zero-order chi connectivity index (χ0) is 17.4. The second kappa shape index (κ2) is 5.75. The maximum atomic E-state index is 12.9. The Kier molecular flexibility index (Phi) is 3.54. The maximum absolute atomic E-state index is 12.9. The monoisotopic (exact) mass is 350 g/mol. The van der Waals surface area contributed by atoms with Crippen LogP contribution < -0.4 is 4.72 Å². The van der Waals surface area contributed by atoms with E-state index in [0.29, 0.717) is 27.4 Å². The molecule has 1 heterocycles. The number of pyridine rings is 1. The first-order chi connectivity index (χ1) is 12.1. The van der Waals surface area contributed by atoms with Crippen molar-refractivity contribution in [2.45, 2.75) is 4.90 Å². The number of phenolic OH excluding ortho intramolecular Hbond substituents is 1. The number of phenols is 1. The predicted octanol–water partition coefficient (Wildman–Crippen LogP) is 3.89. The summed E-state index contributed by atoms with van der Waals surface area (Å²) in [6.45, 7) is 0. The average molecular weight is 350 g/mol. The number of sulfonamides is 1. The molecule has 0 saturated heterocycles. The van der Waals surface area contributed by atoms with E-state index in [1.54, 1.807) is 72.9 Å². The van der Waals surface area contributed by atoms with E-state index in [4.69, 9.17) is 0 Å². The molecule has 0 aliphatic rings. The SMILES string of the molecule is O=S(=O)(Nc1cccc2c(O)cccc12)c1cccc2ncccc12. The highest BCUT2D eigenvalue weighted by Gasteiger charge is 2.19. The van der Waals surface area contributed by atoms with E-state index in [9.17, 15) is 13.5 Å². The van der Waals surface area contributed by atoms with Gasteiger partial charge in [0.2, 0.25) is 0 Å². The van der Waals surface area contributed by atoms with Gasteiger partial charge in [-0.2, -0.15) is 0 Å². The zero-order valence-electron chi connectivity index (χ0n) is 13.0. The molecule has 0 unspecified atom stereocenters. The van der Waals surface area contributed by atoms with E-state index >= 15 is 0 Å². The van der Waals surface area contributed by atoms with Crippen molar-refractivity contribution in [1.29, 1.82) is 0 Å². The summed E-state index contributed by atoms with van der Waals surface area (Å²) in [6.07, 6.45) is 1.62. The Morgan fingerprint density at radius 1 is 0.800 bits per heavy atom. The lowest BCUT2D eigenvalue weighted by atomic mass is 10.1. The fourth-order valence-electron chi connectivity index (χ4n) is 2.89. The smallest absolute Gasteiger partial charge is 0.262 e. The first kappa shape index (κ1) is 15.4. The van der Waals surface area contributed by atoms with Gasteiger partial charge in [-0.25, -0.2) is 8.42 Å². The molecular formula is C19H14N2O3S. The molecule has 0 fully saturated rings. The van der Waals surface area contributed by atoms with Crippen LogP contribution in [0.4, 0.5) is 5.69 Å². The molecular weight excluding hydrogens is 336 g/mol. The van der Waals surface area contributed by atoms with Crippen LogP contribution in [0.15, 0.2) is 77.8 Å². The Bertz CT molecular complexity index is 1200. The molecule has 4 aromatic rings. The van der Waals surface area contributed by atoms with Gasteiger partial charge in [-0.1, -0.05) is 30.3 Å². The average Bonchev–Trinajstić information content (AvgIpc) is 2.62. The van der Waals surface area contributed by atoms with E-state index in [2.05, 4.69) is 9.71 Å². The Labute approximate surface area is 144 Å². The molecule has 2 N–H and O–H groups in total. The number of aromatic hydroxyl groups is 1. The molecule has 4 rings (SSSR count). The standard InChI is InChI=1S/C19H14N2O3S/c22-18-10-2-5-13-14(18)6-1-9-17(13)21-25(23,24)19-11-3-8-16-15(19)7-4-12-20-16/h1-12,21-22H. The molecule has 0 bridgehead atoms. The normalized spacial score (nSPS) is 11.7. The summed E-state index contributed by atoms with van der Waals surface area (Å²) in [6, 6.07) is 18.5. The van der Waals surface area contributed by atoms with Gasteiger partial charge in [0.1, 0.15) is 5.75 Å². The van der Waals surface area contributed by atoms with Crippen LogP contribution in [0.1, 0.15) is 0 Å². The van der Waals surface area contributed by atoms with E-state index in [0.717, 1.165) is 0 Å². The van der Waals surface area contributed by atoms with Gasteiger partial charge in [0, 0.05) is 22.4 Å². The van der Waals surface area contributed by atoms with Crippen molar-refractivity contribution in [1.82, 2.24) is 4.98 Å². The third-order valence-electron chi connectivity index (χ3n) is 4.04. The van der Waals surface area contributed by atoms with Crippen LogP contribution >= 0.6 is 0 Å². The lowest BCUT2D eigenvalue weighted by Gasteiger charge is -2.12. The van der Waals surface area contributed by atoms with Gasteiger partial charge in [-0.05, 0) is 36.4 Å². The minimum atomic E-state index is -3.82. The fraction of sp³-hybridized carbons (Fsp3) is 0. The van der Waals surface area contributed by atoms with Crippen LogP contribution in [0.2, 0.25) is 0 Å². The largest absolute Gasteiger partial charge is 0.507 e. The van der Waals surface area contributed by atoms with Crippen LogP contribution in [-0.4, -0.2) is 18.5 Å². The summed E-state index contributed by atoms with van der Waals surface area (Å²) in [5, 5.41) is 11.7. The number of nitrogens with one attached hydrogen (secondary N) is 1. The highest BCUT2D eigenvalue weighted by molar-refractivity contribution is 7.93. The number of rotatable bonds is 3. The van der Waals surface area contributed by atoms with Crippen molar-refractivity contribution in [2.75, 3.05) is 4.72 Å². The molecule has 0 spiro atoms. The molecule has 6 heteroatoms. The number of aromatic nitrogens is 1. The second-order valence-corrected chi connectivity index (χ2v) is 7.26. The van der Waals surface area contributed by atoms with Gasteiger partial charge >= 0.3 is 0 Å². The quantitative estimate of drug-likeness (QED) is 0.587. The van der Waals surface area contributed by atoms with Crippen LogP contribution in [0.25, 0.3) is 21.7 Å². The zero-order valence-corrected chi connectivity index (χ0v) is 13.9. The molecule has 0 radical (unpaired) electrons. The second-order valence-electron chi connectivity index (χ2n) is 5.61. The Morgan fingerprint density at radius 2 is 1.52 bits per heavy atom. The molecule has 124 valence electrons. The first-order valence-corrected chi connectivity index (χ1v) is 9.12. The predicted molar refractivity (Wildman–Crippen MR) is 98.2 cm³/mol. The van der Waals surface area contributed by atoms with Gasteiger partial charge in [0.15, 0.2) is 0 Å². The molecule has 0 atom stereocenters. The summed E-state index contributed by atoms with van der Waals surface area (Å²) in [7, 11) is -3.82. The van der Waals surface area contributed by atoms with Crippen molar-refractivity contribution < 1.29 is 13.5 Å². The van der Waals surface area contributed by atoms with Crippen molar-refractivity contribution in [3.63, 3.8) is 0 Å². The van der Waals surface area contributed by atoms with Crippen LogP contribution in [0.5, 0.6) is 5.75 Å². The lowest BCUT2D eigenvalue weighted by Crippen LogP contribution is -2.13. The van der Waals surface area contributed by atoms with Gasteiger partial charge in [-0.15, -0.1) is 0 Å². The Morgan fingerprint density at radius 3 is 2.40 bits per heavy atom. The molecule has 0 aliphatic carbocycles. The van der Waals surface area contributed by atoms with Crippen LogP contribution in [-0.2, 0) is 10.0 Å². The number of nitrogens with zero attached hydrogens (tertiary/aromatic N) is 1. The number of benzene rings is 3. The topological polar surface area (TPSA) is 79.3 Å². The summed E-state index contributed by atoms with van der Waals surface area (Å²) in [5.41, 5.74) is 1.02. The highest BCUT2D eigenvalue weighted by atomic mass is 32.2. The summed E-state index contributed by atoms with van der Waals surface area (Å²) in [5.74, 6) is 0.105. The van der Waals surface area contributed by atoms with E-state index < -0.39 is 10.0 Å². The van der Waals surface area contributed by atoms with Crippen molar-refractivity contribution in [2.24, 2.45) is 0 Å². The summed E-state index contributed by atoms with van der Waals surface area (Å²) < 4.78 is 28.5. The number of fused-ring (bicyclic) bond motifs is 2. The Hall–Kier alpha value is -3.12. The third-order valence-corrected chi connectivity index (χ3v) is 5.46.